The molecule has 2 rings (SSSR count). The number of carboxylic acid groups (broad SMARTS) is 1. The minimum atomic E-state index is -4.52. The van der Waals surface area contributed by atoms with E-state index in [2.05, 4.69) is 49.9 Å². The van der Waals surface area contributed by atoms with Crippen LogP contribution in [0.3, 0.4) is 0 Å². The number of phosphoric ester groups is 1. The van der Waals surface area contributed by atoms with Gasteiger partial charge in [-0.2, -0.15) is 0 Å². The number of guanidine groups is 1. The summed E-state index contributed by atoms with van der Waals surface area (Å²) in [5.74, 6) is -7.58. The molecular formula is C83H144N8NaO20P. The number of amides is 5. The van der Waals surface area contributed by atoms with E-state index in [0.29, 0.717) is 63.7 Å². The average Bonchev–Trinajstić information content (AvgIpc) is 1.78. The Morgan fingerprint density at radius 2 is 1.05 bits per heavy atom. The first-order chi connectivity index (χ1) is 53.9. The molecule has 0 radical (unpaired) electrons. The molecule has 28 nitrogen and oxygen atoms in total. The first-order valence-electron chi connectivity index (χ1n) is 42.5. The number of carbonyl (C=O) groups excluding carboxylic acids is 10. The van der Waals surface area contributed by atoms with Gasteiger partial charge in [-0.25, -0.2) is 0 Å². The number of Topliss-reactive ketones (excluding diaryl/α,β-unsaturated/α-hetero) is 3. The van der Waals surface area contributed by atoms with Crippen LogP contribution in [-0.2, 0) is 87.0 Å². The summed E-state index contributed by atoms with van der Waals surface area (Å²) in [6, 6.07) is 1.92. The number of hydrogen-bond acceptors (Lipinski definition) is 20. The number of aliphatic carboxylic acids is 1. The molecule has 1 aliphatic rings. The van der Waals surface area contributed by atoms with Crippen LogP contribution in [0.15, 0.2) is 29.3 Å². The molecule has 0 spiro atoms. The first kappa shape index (κ1) is 107. The number of carboxylic acids is 1. The third-order valence-electron chi connectivity index (χ3n) is 19.3. The second-order valence-electron chi connectivity index (χ2n) is 29.6. The van der Waals surface area contributed by atoms with E-state index < -0.39 is 105 Å². The van der Waals surface area contributed by atoms with Crippen molar-refractivity contribution >= 4 is 78.6 Å². The van der Waals surface area contributed by atoms with E-state index in [0.717, 1.165) is 38.5 Å². The molecular weight excluding hydrogens is 1480 g/mol. The van der Waals surface area contributed by atoms with Crippen molar-refractivity contribution in [2.75, 3.05) is 52.7 Å². The second kappa shape index (κ2) is 71.4. The molecule has 6 atom stereocenters. The van der Waals surface area contributed by atoms with Gasteiger partial charge in [0.2, 0.25) is 29.5 Å². The molecule has 30 heteroatoms. The zero-order chi connectivity index (χ0) is 82.7. The quantitative estimate of drug-likeness (QED) is 0.00731. The molecule has 1 aliphatic heterocycles. The Morgan fingerprint density at radius 1 is 0.558 bits per heavy atom. The fourth-order valence-corrected chi connectivity index (χ4v) is 13.6. The van der Waals surface area contributed by atoms with Crippen LogP contribution >= 0.6 is 7.82 Å². The van der Waals surface area contributed by atoms with E-state index in [4.69, 9.17) is 30.2 Å². The number of ketones is 3. The standard InChI is InChI=1S/C42H64N8O12.C41H81O8P.Na/c1-2-9-31(53)26-62-21-8-20-45-36(55)14-6-11-29(51)10-4-3-5-12-33-41(61)50-32(13-7-19-46-42(43)44)40(60)47-25-37(56)48-34(24-38(57)58)35(54)23-28(39(59)49-33)22-27-15-17-30(52)18-16-27;1-4-7-9-11-13-15-17-19-21-23-25-27-29-31-33-35-40(42)46-37-39(38-48-50(44,45)47-6-3)49-41(43)36-34-32-30-28-26-24-22-20-18-16-14-12-10-8-5-2;/h15-18,28,32-34,52H,2-14,19-26H2,1H3,(H,45,55)(H,47,60)(H,48,56)(H,49,59)(H,50,61)(H,57,58)(H4,43,44,46);39H,4-38H2,1-3H3,(H,44,45);/q;;+1/p-1/t;39-;/m.1./s1. The van der Waals surface area contributed by atoms with Gasteiger partial charge >= 0.3 is 47.5 Å². The SMILES string of the molecule is CCCC(=O)COCCCNC(=O)CCCC(=O)CCCCCC1NC(=O)C(Cc2ccc(O)cc2)CC(=O)C(CC(=O)O)NC(=O)CNC(=O)C(CCCN=C(N)N)NC1=O.CCCCCCCCCCCCCCCCCC(=O)OC[C@H](COP(=O)([O-])OCC)OC(=O)CCCCCCCCCCCCCCCCC.[Na+]. The van der Waals surface area contributed by atoms with Crippen LogP contribution in [0.1, 0.15) is 335 Å². The minimum Gasteiger partial charge on any atom is -0.756 e. The third kappa shape index (κ3) is 63.0. The number of benzene rings is 1. The topological polar surface area (TPSA) is 439 Å². The fraction of sp³-hybridized carbons (Fsp3) is 0.783. The van der Waals surface area contributed by atoms with Crippen molar-refractivity contribution in [3.05, 3.63) is 29.8 Å². The molecule has 1 fully saturated rings. The Kier molecular flexibility index (Phi) is 67.7. The van der Waals surface area contributed by atoms with Crippen LogP contribution in [0.5, 0.6) is 5.75 Å². The largest absolute Gasteiger partial charge is 1.00 e. The third-order valence-corrected chi connectivity index (χ3v) is 20.3. The van der Waals surface area contributed by atoms with E-state index >= 15 is 0 Å². The van der Waals surface area contributed by atoms with Crippen LogP contribution in [0.4, 0.5) is 0 Å². The number of carbonyl (C=O) groups is 11. The van der Waals surface area contributed by atoms with Gasteiger partial charge in [0.15, 0.2) is 23.6 Å². The first-order valence-corrected chi connectivity index (χ1v) is 44.0. The number of aliphatic imine (C=N–C) groups is 1. The molecule has 1 aromatic carbocycles. The van der Waals surface area contributed by atoms with Gasteiger partial charge in [-0.05, 0) is 88.8 Å². The molecule has 1 saturated heterocycles. The molecule has 11 N–H and O–H groups in total. The van der Waals surface area contributed by atoms with E-state index in [1.807, 2.05) is 6.92 Å². The number of ether oxygens (including phenoxy) is 3. The van der Waals surface area contributed by atoms with Gasteiger partial charge in [-0.1, -0.05) is 226 Å². The number of nitrogens with two attached hydrogens (primary N) is 2. The van der Waals surface area contributed by atoms with E-state index in [9.17, 15) is 72.4 Å². The molecule has 642 valence electrons. The smallest absolute Gasteiger partial charge is 0.756 e. The minimum absolute atomic E-state index is 0. The van der Waals surface area contributed by atoms with Gasteiger partial charge < -0.3 is 76.4 Å². The van der Waals surface area contributed by atoms with Crippen LogP contribution in [0.25, 0.3) is 0 Å². The number of phenolic OH excluding ortho intramolecular Hbond substituents is 1. The van der Waals surface area contributed by atoms with Crippen LogP contribution in [-0.4, -0.2) is 158 Å². The molecule has 113 heavy (non-hydrogen) atoms. The summed E-state index contributed by atoms with van der Waals surface area (Å²) >= 11 is 0. The zero-order valence-corrected chi connectivity index (χ0v) is 72.5. The van der Waals surface area contributed by atoms with Gasteiger partial charge in [0.1, 0.15) is 36.8 Å². The number of esters is 2. The summed E-state index contributed by atoms with van der Waals surface area (Å²) in [5, 5.41) is 32.2. The number of phenols is 1. The number of nitrogens with one attached hydrogen (secondary N) is 5. The van der Waals surface area contributed by atoms with E-state index in [-0.39, 0.29) is 149 Å². The maximum absolute atomic E-state index is 14.0. The molecule has 0 aliphatic carbocycles. The van der Waals surface area contributed by atoms with Gasteiger partial charge in [0.25, 0.3) is 7.82 Å². The van der Waals surface area contributed by atoms with Crippen molar-refractivity contribution in [1.29, 1.82) is 0 Å². The Balaban J connectivity index is 0.00000225. The number of hydrogen-bond donors (Lipinski definition) is 9. The fourth-order valence-electron chi connectivity index (χ4n) is 12.8. The second-order valence-corrected chi connectivity index (χ2v) is 31.0. The Hall–Kier alpha value is -5.87. The normalized spacial score (nSPS) is 16.2. The summed E-state index contributed by atoms with van der Waals surface area (Å²) < 4.78 is 37.6. The molecule has 0 bridgehead atoms. The average molecular weight is 1630 g/mol. The van der Waals surface area contributed by atoms with E-state index in [1.165, 1.54) is 166 Å². The van der Waals surface area contributed by atoms with Crippen LogP contribution in [0.2, 0.25) is 0 Å². The maximum atomic E-state index is 14.0. The molecule has 1 aromatic rings. The number of phosphoric acid groups is 1. The predicted octanol–water partition coefficient (Wildman–Crippen LogP) is 9.69. The van der Waals surface area contributed by atoms with Crippen molar-refractivity contribution in [2.24, 2.45) is 22.4 Å². The summed E-state index contributed by atoms with van der Waals surface area (Å²) in [6.07, 6.45) is 40.1. The molecule has 1 heterocycles. The molecule has 5 unspecified atom stereocenters. The van der Waals surface area contributed by atoms with Gasteiger partial charge in [0, 0.05) is 70.6 Å². The summed E-state index contributed by atoms with van der Waals surface area (Å²) in [5.41, 5.74) is 11.4. The number of unbranched alkanes of at least 4 members (excludes halogenated alkanes) is 30. The molecule has 5 amide bonds. The Bertz CT molecular complexity index is 2860. The number of nitrogens with zero attached hydrogens (tertiary/aromatic N) is 1. The van der Waals surface area contributed by atoms with Crippen LogP contribution < -0.4 is 72.5 Å². The molecule has 0 aromatic heterocycles. The number of rotatable bonds is 66. The Labute approximate surface area is 697 Å². The van der Waals surface area contributed by atoms with Crippen molar-refractivity contribution in [2.45, 2.75) is 360 Å². The van der Waals surface area contributed by atoms with Crippen molar-refractivity contribution in [3.8, 4) is 5.75 Å². The Morgan fingerprint density at radius 3 is 1.58 bits per heavy atom. The van der Waals surface area contributed by atoms with Crippen LogP contribution in [0, 0.1) is 5.92 Å². The van der Waals surface area contributed by atoms with Gasteiger partial charge in [-0.3, -0.25) is 62.3 Å². The summed E-state index contributed by atoms with van der Waals surface area (Å²) in [7, 11) is -4.52. The summed E-state index contributed by atoms with van der Waals surface area (Å²) in [4.78, 5) is 156. The molecule has 0 saturated carbocycles. The van der Waals surface area contributed by atoms with Crippen molar-refractivity contribution in [1.82, 2.24) is 26.6 Å². The van der Waals surface area contributed by atoms with Crippen molar-refractivity contribution < 1.29 is 125 Å². The zero-order valence-electron chi connectivity index (χ0n) is 69.6. The number of aromatic hydroxyl groups is 1. The van der Waals surface area contributed by atoms with E-state index in [1.54, 1.807) is 19.1 Å². The summed E-state index contributed by atoms with van der Waals surface area (Å²) in [6.45, 7) is 7.52. The maximum Gasteiger partial charge on any atom is 1.00 e. The van der Waals surface area contributed by atoms with Crippen molar-refractivity contribution in [3.63, 3.8) is 0 Å². The predicted molar refractivity (Wildman–Crippen MR) is 431 cm³/mol. The monoisotopic (exact) mass is 1630 g/mol. The van der Waals surface area contributed by atoms with Gasteiger partial charge in [-0.15, -0.1) is 0 Å². The van der Waals surface area contributed by atoms with Gasteiger partial charge in [0.05, 0.1) is 32.2 Å².